The molecule has 1 nitrogen and oxygen atoms in total. The van der Waals surface area contributed by atoms with Crippen LogP contribution in [0.4, 0.5) is 105 Å². The fourth-order valence-electron chi connectivity index (χ4n) is 9.75. The van der Waals surface area contributed by atoms with Crippen LogP contribution < -0.4 is 26.4 Å². The fraction of sp³-hybridized carbons (Fsp3) is 0.175. The van der Waals surface area contributed by atoms with Crippen molar-refractivity contribution >= 4 is 60.3 Å². The summed E-state index contributed by atoms with van der Waals surface area (Å²) in [6.45, 7) is 0.910. The van der Waals surface area contributed by atoms with Gasteiger partial charge in [-0.25, -0.2) is 0 Å². The molecule has 9 aromatic rings. The van der Waals surface area contributed by atoms with E-state index < -0.39 is 195 Å². The van der Waals surface area contributed by atoms with Crippen molar-refractivity contribution in [1.29, 1.82) is 0 Å². The first kappa shape index (κ1) is 62.3. The minimum absolute atomic E-state index is 0.691. The maximum atomic E-state index is 14.2. The summed E-state index contributed by atoms with van der Waals surface area (Å²) < 4.78 is 345. The van der Waals surface area contributed by atoms with Gasteiger partial charge in [0, 0.05) is 11.6 Å². The maximum Gasteiger partial charge on any atom is 0.416 e. The van der Waals surface area contributed by atoms with E-state index in [0.717, 1.165) is 13.0 Å². The van der Waals surface area contributed by atoms with Crippen molar-refractivity contribution in [2.45, 2.75) is 62.4 Å². The zero-order valence-corrected chi connectivity index (χ0v) is 42.4. The Hall–Kier alpha value is -7.71. The highest BCUT2D eigenvalue weighted by molar-refractivity contribution is 7.20. The molecule has 0 aliphatic carbocycles. The number of nitrogens with zero attached hydrogens (tertiary/aromatic N) is 1. The summed E-state index contributed by atoms with van der Waals surface area (Å²) in [5.74, 6) is 0. The number of fused-ring (bicyclic) bond motifs is 2. The predicted octanol–water partition coefficient (Wildman–Crippen LogP) is 17.2. The van der Waals surface area contributed by atoms with Crippen LogP contribution in [0, 0.1) is 0 Å². The number of hydrogen-bond acceptors (Lipinski definition) is 1. The van der Waals surface area contributed by atoms with Crippen LogP contribution in [0.2, 0.25) is 0 Å². The number of hydrogen-bond donors (Lipinski definition) is 0. The Morgan fingerprint density at radius 1 is 0.298 bits per heavy atom. The highest BCUT2D eigenvalue weighted by Crippen LogP contribution is 2.42. The minimum Gasteiger partial charge on any atom is -0.194 e. The molecule has 0 saturated carbocycles. The lowest BCUT2D eigenvalue weighted by molar-refractivity contribution is -0.665. The maximum absolute atomic E-state index is 14.2. The van der Waals surface area contributed by atoms with E-state index in [1.54, 1.807) is 0 Å². The first-order chi connectivity index (χ1) is 38.6. The summed E-state index contributed by atoms with van der Waals surface area (Å²) >= 11 is 1.91. The van der Waals surface area contributed by atoms with Crippen LogP contribution in [0.3, 0.4) is 0 Å². The van der Waals surface area contributed by atoms with Gasteiger partial charge in [0.25, 0.3) is 0 Å². The Morgan fingerprint density at radius 2 is 0.607 bits per heavy atom. The molecule has 0 unspecified atom stereocenters. The molecular formula is C57H32BF24NS. The van der Waals surface area contributed by atoms with Gasteiger partial charge in [-0.2, -0.15) is 132 Å². The third kappa shape index (κ3) is 13.6. The van der Waals surface area contributed by atoms with Crippen molar-refractivity contribution in [2.24, 2.45) is 0 Å². The Kier molecular flexibility index (Phi) is 16.4. The van der Waals surface area contributed by atoms with Gasteiger partial charge in [0.1, 0.15) is 10.8 Å². The van der Waals surface area contributed by atoms with Gasteiger partial charge in [-0.3, -0.25) is 0 Å². The molecule has 1 aromatic heterocycles. The van der Waals surface area contributed by atoms with Crippen molar-refractivity contribution in [3.8, 4) is 0 Å². The second kappa shape index (κ2) is 22.0. The van der Waals surface area contributed by atoms with Crippen molar-refractivity contribution in [3.05, 3.63) is 231 Å². The van der Waals surface area contributed by atoms with E-state index in [2.05, 4.69) is 102 Å². The highest BCUT2D eigenvalue weighted by Gasteiger charge is 2.47. The molecule has 8 aromatic carbocycles. The Balaban J connectivity index is 0.000000280. The second-order valence-electron chi connectivity index (χ2n) is 19.1. The highest BCUT2D eigenvalue weighted by atomic mass is 32.1. The summed E-state index contributed by atoms with van der Waals surface area (Å²) in [6, 6.07) is 26.1. The van der Waals surface area contributed by atoms with Crippen LogP contribution in [-0.4, -0.2) is 6.15 Å². The van der Waals surface area contributed by atoms with Crippen LogP contribution in [0.15, 0.2) is 170 Å². The lowest BCUT2D eigenvalue weighted by Gasteiger charge is -2.46. The molecule has 0 spiro atoms. The van der Waals surface area contributed by atoms with Crippen molar-refractivity contribution in [2.75, 3.05) is 0 Å². The number of benzene rings is 8. The molecule has 1 heterocycles. The van der Waals surface area contributed by atoms with Crippen molar-refractivity contribution in [3.63, 3.8) is 0 Å². The van der Waals surface area contributed by atoms with Crippen LogP contribution in [-0.2, 0) is 62.4 Å². The number of thiazole rings is 1. The van der Waals surface area contributed by atoms with Gasteiger partial charge < -0.3 is 0 Å². The number of para-hydroxylation sites is 1. The Morgan fingerprint density at radius 3 is 0.952 bits per heavy atom. The molecule has 0 N–H and O–H groups in total. The predicted molar refractivity (Wildman–Crippen MR) is 264 cm³/mol. The van der Waals surface area contributed by atoms with E-state index in [4.69, 9.17) is 0 Å². The third-order valence-corrected chi connectivity index (χ3v) is 14.6. The molecule has 0 aliphatic rings. The molecule has 0 fully saturated rings. The van der Waals surface area contributed by atoms with Gasteiger partial charge in [-0.1, -0.05) is 145 Å². The van der Waals surface area contributed by atoms with Gasteiger partial charge in [0.2, 0.25) is 10.5 Å². The molecule has 0 radical (unpaired) electrons. The topological polar surface area (TPSA) is 3.88 Å². The van der Waals surface area contributed by atoms with Crippen LogP contribution in [0.25, 0.3) is 21.0 Å². The third-order valence-electron chi connectivity index (χ3n) is 13.5. The Bertz CT molecular complexity index is 3420. The number of rotatable bonds is 8. The summed E-state index contributed by atoms with van der Waals surface area (Å²) in [5, 5.41) is 4.01. The molecule has 27 heteroatoms. The van der Waals surface area contributed by atoms with Crippen LogP contribution >= 0.6 is 11.3 Å². The number of halogens is 24. The van der Waals surface area contributed by atoms with Gasteiger partial charge >= 0.3 is 49.4 Å². The fourth-order valence-corrected chi connectivity index (χ4v) is 10.9. The smallest absolute Gasteiger partial charge is 0.194 e. The SMILES string of the molecule is FC(F)(F)c1cc([B-](c2cc(C(F)(F)F)cc(C(F)(F)F)c2)(c2cc(C(F)(F)F)cc(C(F)(F)F)c2)c2cc(C(F)(F)F)cc(C(F)(F)F)c2)cc(C(F)(F)F)c1.c1ccc(C[n+]2c(Cc3ccc4ccccc4c3)sc3ccccc32)cc1. The number of alkyl halides is 24. The van der Waals surface area contributed by atoms with E-state index >= 15 is 0 Å². The molecule has 0 aliphatic heterocycles. The molecule has 0 saturated heterocycles. The molecule has 0 bridgehead atoms. The molecule has 84 heavy (non-hydrogen) atoms. The molecule has 0 amide bonds. The molecule has 442 valence electrons. The average molecular weight is 1230 g/mol. The van der Waals surface area contributed by atoms with Gasteiger partial charge in [-0.15, -0.1) is 0 Å². The van der Waals surface area contributed by atoms with E-state index in [0.29, 0.717) is 0 Å². The monoisotopic (exact) mass is 1230 g/mol. The molecular weight excluding hydrogens is 1200 g/mol. The number of aromatic nitrogens is 1. The second-order valence-corrected chi connectivity index (χ2v) is 20.2. The Labute approximate surface area is 461 Å². The van der Waals surface area contributed by atoms with E-state index in [1.165, 1.54) is 37.1 Å². The van der Waals surface area contributed by atoms with E-state index in [9.17, 15) is 105 Å². The normalized spacial score (nSPS) is 13.3. The van der Waals surface area contributed by atoms with Crippen molar-refractivity contribution in [1.82, 2.24) is 0 Å². The van der Waals surface area contributed by atoms with Gasteiger partial charge in [0.15, 0.2) is 6.54 Å². The summed E-state index contributed by atoms with van der Waals surface area (Å²) in [6.07, 6.45) is -53.9. The van der Waals surface area contributed by atoms with Gasteiger partial charge in [-0.05, 0) is 46.7 Å². The average Bonchev–Trinajstić information content (AvgIpc) is 0.913. The largest absolute Gasteiger partial charge is 0.416 e. The lowest BCUT2D eigenvalue weighted by atomic mass is 9.12. The molecule has 0 atom stereocenters. The lowest BCUT2D eigenvalue weighted by Crippen LogP contribution is -2.75. The van der Waals surface area contributed by atoms with Crippen LogP contribution in [0.1, 0.15) is 60.6 Å². The summed E-state index contributed by atoms with van der Waals surface area (Å²) in [4.78, 5) is 0. The van der Waals surface area contributed by atoms with E-state index in [-0.39, 0.29) is 0 Å². The standard InChI is InChI=1S/C32H12BF24.C25H20NS/c34-25(35,36)13-1-14(26(37,38)39)6-21(5-13)33(22-7-15(27(40,41)42)2-16(8-22)28(43,44)45,23-9-17(29(46,47)48)3-18(10-23)30(49,50)51)24-11-19(31(52,53)54)4-20(12-24)32(55,56)57;1-2-8-19(9-3-1)18-26-23-12-6-7-13-24(23)27-25(26)17-20-14-15-21-10-4-5-11-22(21)16-20/h1-12H;1-16H,17-18H2/q-1;+1. The van der Waals surface area contributed by atoms with E-state index in [1.807, 2.05) is 11.3 Å². The summed E-state index contributed by atoms with van der Waals surface area (Å²) in [5.41, 5.74) is -26.2. The zero-order valence-electron chi connectivity index (χ0n) is 41.6. The first-order valence-electron chi connectivity index (χ1n) is 23.9. The van der Waals surface area contributed by atoms with Gasteiger partial charge in [0.05, 0.1) is 50.9 Å². The zero-order chi connectivity index (χ0) is 62.0. The molecule has 9 rings (SSSR count). The quantitative estimate of drug-likeness (QED) is 0.0811. The minimum atomic E-state index is -6.13. The summed E-state index contributed by atoms with van der Waals surface area (Å²) in [7, 11) is 0. The van der Waals surface area contributed by atoms with Crippen molar-refractivity contribution < 1.29 is 110 Å². The first-order valence-corrected chi connectivity index (χ1v) is 24.7. The van der Waals surface area contributed by atoms with Crippen LogP contribution in [0.5, 0.6) is 0 Å².